The van der Waals surface area contributed by atoms with Gasteiger partial charge in [0.05, 0.1) is 22.2 Å². The minimum atomic E-state index is -0.348. The molecule has 1 aromatic heterocycles. The molecule has 1 atom stereocenters. The Morgan fingerprint density at radius 3 is 2.14 bits per heavy atom. The molecule has 0 N–H and O–H groups in total. The van der Waals surface area contributed by atoms with Gasteiger partial charge in [0.25, 0.3) is 0 Å². The molecule has 9 rings (SSSR count). The van der Waals surface area contributed by atoms with Crippen LogP contribution < -0.4 is 0 Å². The van der Waals surface area contributed by atoms with Crippen LogP contribution in [0.4, 0.5) is 0 Å². The number of fused-ring (bicyclic) bond motifs is 6. The van der Waals surface area contributed by atoms with E-state index in [1.54, 1.807) is 0 Å². The quantitative estimate of drug-likeness (QED) is 0.183. The Kier molecular flexibility index (Phi) is 6.87. The maximum absolute atomic E-state index is 6.61. The topological polar surface area (TPSA) is 36.3 Å². The summed E-state index contributed by atoms with van der Waals surface area (Å²) in [6.07, 6.45) is 12.0. The first-order valence-electron chi connectivity index (χ1n) is 18.2. The maximum atomic E-state index is 6.61. The Bertz CT molecular complexity index is 2150. The van der Waals surface area contributed by atoms with Crippen LogP contribution in [0.2, 0.25) is 0 Å². The SMILES string of the molecule is CC1(C)OB(C2=CC=C3c4ccc(-c5cccc(-n6c(-c7ccccc7)nc7ccccc76)c5)cc4C4(CCCCC4)C3(C)C2)OC1(C)C. The summed E-state index contributed by atoms with van der Waals surface area (Å²) in [7, 11) is -0.303. The molecule has 4 aromatic carbocycles. The fraction of sp³-hybridized carbons (Fsp3) is 0.341. The van der Waals surface area contributed by atoms with E-state index >= 15 is 0 Å². The van der Waals surface area contributed by atoms with Gasteiger partial charge in [0.1, 0.15) is 5.82 Å². The lowest BCUT2D eigenvalue weighted by Crippen LogP contribution is -2.44. The molecule has 2 fully saturated rings. The van der Waals surface area contributed by atoms with Gasteiger partial charge >= 0.3 is 7.12 Å². The molecule has 1 unspecified atom stereocenters. The number of aromatic nitrogens is 2. The molecular formula is C44H45BN2O2. The van der Waals surface area contributed by atoms with E-state index in [9.17, 15) is 0 Å². The zero-order valence-corrected chi connectivity index (χ0v) is 29.4. The molecule has 1 spiro atoms. The molecule has 4 aliphatic rings. The first-order valence-corrected chi connectivity index (χ1v) is 18.2. The van der Waals surface area contributed by atoms with Crippen LogP contribution in [0.15, 0.2) is 115 Å². The van der Waals surface area contributed by atoms with Crippen molar-refractivity contribution in [3.8, 4) is 28.2 Å². The van der Waals surface area contributed by atoms with E-state index in [1.165, 1.54) is 65.4 Å². The zero-order valence-electron chi connectivity index (χ0n) is 29.4. The van der Waals surface area contributed by atoms with Crippen LogP contribution >= 0.6 is 0 Å². The van der Waals surface area contributed by atoms with Crippen molar-refractivity contribution in [2.75, 3.05) is 0 Å². The fourth-order valence-electron chi connectivity index (χ4n) is 9.43. The standard InChI is InChI=1S/C44H45BN2O2/c1-41(2)42(3,4)49-45(48-41)33-22-24-36-35-23-21-32(28-37(35)44(43(36,5)29-33)25-12-7-13-26-44)31-17-14-18-34(27-31)47-39-20-11-10-19-38(39)46-40(47)30-15-8-6-9-16-30/h6,8-11,14-24,27-28H,7,12-13,25-26,29H2,1-5H3. The van der Waals surface area contributed by atoms with E-state index in [-0.39, 0.29) is 29.2 Å². The van der Waals surface area contributed by atoms with Crippen molar-refractivity contribution in [3.05, 3.63) is 126 Å². The van der Waals surface area contributed by atoms with Gasteiger partial charge in [-0.05, 0) is 111 Å². The Hall–Kier alpha value is -4.19. The summed E-state index contributed by atoms with van der Waals surface area (Å²) in [6, 6.07) is 35.3. The molecule has 0 amide bonds. The molecule has 5 aromatic rings. The van der Waals surface area contributed by atoms with Crippen molar-refractivity contribution in [1.29, 1.82) is 0 Å². The predicted octanol–water partition coefficient (Wildman–Crippen LogP) is 10.9. The molecule has 0 radical (unpaired) electrons. The first-order chi connectivity index (χ1) is 23.6. The molecule has 1 saturated carbocycles. The normalized spacial score (nSPS) is 23.3. The summed E-state index contributed by atoms with van der Waals surface area (Å²) < 4.78 is 15.5. The highest BCUT2D eigenvalue weighted by molar-refractivity contribution is 6.54. The number of imidazole rings is 1. The number of benzene rings is 4. The van der Waals surface area contributed by atoms with E-state index in [0.29, 0.717) is 0 Å². The lowest BCUT2D eigenvalue weighted by atomic mass is 9.52. The van der Waals surface area contributed by atoms with Crippen LogP contribution in [0.25, 0.3) is 44.8 Å². The molecule has 4 nitrogen and oxygen atoms in total. The average Bonchev–Trinajstić information content (AvgIpc) is 3.68. The lowest BCUT2D eigenvalue weighted by Gasteiger charge is -2.49. The fourth-order valence-corrected chi connectivity index (χ4v) is 9.43. The summed E-state index contributed by atoms with van der Waals surface area (Å²) in [5, 5.41) is 0. The molecule has 3 aliphatic carbocycles. The van der Waals surface area contributed by atoms with Gasteiger partial charge in [0, 0.05) is 22.1 Å². The van der Waals surface area contributed by atoms with Crippen molar-refractivity contribution in [1.82, 2.24) is 9.55 Å². The number of rotatable bonds is 4. The highest BCUT2D eigenvalue weighted by atomic mass is 16.7. The monoisotopic (exact) mass is 644 g/mol. The second-order valence-electron chi connectivity index (χ2n) is 16.0. The molecule has 246 valence electrons. The van der Waals surface area contributed by atoms with Gasteiger partial charge in [-0.2, -0.15) is 0 Å². The lowest BCUT2D eigenvalue weighted by molar-refractivity contribution is 0.00578. The van der Waals surface area contributed by atoms with E-state index in [0.717, 1.165) is 34.5 Å². The second kappa shape index (κ2) is 10.9. The minimum absolute atomic E-state index is 0.00971. The van der Waals surface area contributed by atoms with Crippen molar-refractivity contribution >= 4 is 23.7 Å². The van der Waals surface area contributed by atoms with Gasteiger partial charge in [-0.25, -0.2) is 4.98 Å². The van der Waals surface area contributed by atoms with Crippen LogP contribution in [-0.2, 0) is 14.7 Å². The highest BCUT2D eigenvalue weighted by Gasteiger charge is 2.60. The number of para-hydroxylation sites is 2. The summed E-state index contributed by atoms with van der Waals surface area (Å²) in [4.78, 5) is 5.10. The highest BCUT2D eigenvalue weighted by Crippen LogP contribution is 2.67. The molecule has 2 heterocycles. The van der Waals surface area contributed by atoms with E-state index in [2.05, 4.69) is 148 Å². The molecule has 5 heteroatoms. The van der Waals surface area contributed by atoms with E-state index in [1.807, 2.05) is 0 Å². The third-order valence-electron chi connectivity index (χ3n) is 12.8. The van der Waals surface area contributed by atoms with Gasteiger partial charge in [-0.1, -0.05) is 105 Å². The zero-order chi connectivity index (χ0) is 33.6. The number of hydrogen-bond donors (Lipinski definition) is 0. The largest absolute Gasteiger partial charge is 0.490 e. The number of allylic oxidation sites excluding steroid dienone is 4. The average molecular weight is 645 g/mol. The molecule has 0 bridgehead atoms. The summed E-state index contributed by atoms with van der Waals surface area (Å²) in [5.41, 5.74) is 12.0. The third-order valence-corrected chi connectivity index (χ3v) is 12.8. The Morgan fingerprint density at radius 2 is 1.37 bits per heavy atom. The second-order valence-corrected chi connectivity index (χ2v) is 16.0. The summed E-state index contributed by atoms with van der Waals surface area (Å²) >= 11 is 0. The van der Waals surface area contributed by atoms with Crippen LogP contribution in [0.5, 0.6) is 0 Å². The van der Waals surface area contributed by atoms with Crippen molar-refractivity contribution in [2.45, 2.75) is 89.8 Å². The van der Waals surface area contributed by atoms with Crippen molar-refractivity contribution < 1.29 is 9.31 Å². The van der Waals surface area contributed by atoms with Crippen LogP contribution in [0.3, 0.4) is 0 Å². The Labute approximate surface area is 291 Å². The van der Waals surface area contributed by atoms with Gasteiger partial charge in [-0.3, -0.25) is 4.57 Å². The van der Waals surface area contributed by atoms with Gasteiger partial charge in [0.2, 0.25) is 0 Å². The Balaban J connectivity index is 1.14. The summed E-state index contributed by atoms with van der Waals surface area (Å²) in [6.45, 7) is 11.2. The number of nitrogens with zero attached hydrogens (tertiary/aromatic N) is 2. The molecule has 1 saturated heterocycles. The van der Waals surface area contributed by atoms with Crippen LogP contribution in [-0.4, -0.2) is 27.9 Å². The van der Waals surface area contributed by atoms with Gasteiger partial charge < -0.3 is 9.31 Å². The van der Waals surface area contributed by atoms with Crippen molar-refractivity contribution in [3.63, 3.8) is 0 Å². The Morgan fingerprint density at radius 1 is 0.673 bits per heavy atom. The third kappa shape index (κ3) is 4.55. The van der Waals surface area contributed by atoms with Crippen LogP contribution in [0, 0.1) is 5.41 Å². The number of hydrogen-bond acceptors (Lipinski definition) is 3. The van der Waals surface area contributed by atoms with Crippen molar-refractivity contribution in [2.24, 2.45) is 5.41 Å². The molecule has 49 heavy (non-hydrogen) atoms. The van der Waals surface area contributed by atoms with Gasteiger partial charge in [-0.15, -0.1) is 0 Å². The maximum Gasteiger partial charge on any atom is 0.490 e. The molecular weight excluding hydrogens is 599 g/mol. The minimum Gasteiger partial charge on any atom is -0.400 e. The van der Waals surface area contributed by atoms with Crippen LogP contribution in [0.1, 0.15) is 84.3 Å². The van der Waals surface area contributed by atoms with Gasteiger partial charge in [0.15, 0.2) is 0 Å². The summed E-state index contributed by atoms with van der Waals surface area (Å²) in [5.74, 6) is 0.961. The molecule has 1 aliphatic heterocycles. The first kappa shape index (κ1) is 30.8. The van der Waals surface area contributed by atoms with E-state index < -0.39 is 0 Å². The van der Waals surface area contributed by atoms with E-state index in [4.69, 9.17) is 14.3 Å². The smallest absolute Gasteiger partial charge is 0.400 e. The predicted molar refractivity (Wildman–Crippen MR) is 202 cm³/mol.